The maximum Gasteiger partial charge on any atom is 0.255 e. The van der Waals surface area contributed by atoms with Gasteiger partial charge in [0.2, 0.25) is 5.91 Å². The lowest BCUT2D eigenvalue weighted by Gasteiger charge is -2.29. The molecule has 1 aromatic rings. The average molecular weight is 638 g/mol. The fourth-order valence-corrected chi connectivity index (χ4v) is 5.59. The molecule has 2 aliphatic heterocycles. The summed E-state index contributed by atoms with van der Waals surface area (Å²) < 4.78 is 39.2. The minimum atomic E-state index is -1.38. The molecule has 9 heteroatoms. The number of benzene rings is 1. The van der Waals surface area contributed by atoms with Gasteiger partial charge in [-0.15, -0.1) is 0 Å². The molecule has 1 unspecified atom stereocenters. The lowest BCUT2D eigenvalue weighted by molar-refractivity contribution is -0.120. The van der Waals surface area contributed by atoms with Gasteiger partial charge in [0.05, 0.1) is 11.5 Å². The van der Waals surface area contributed by atoms with E-state index in [1.807, 2.05) is 56.3 Å². The number of nitrogens with zero attached hydrogens (tertiary/aromatic N) is 1. The van der Waals surface area contributed by atoms with Gasteiger partial charge in [-0.25, -0.2) is 8.78 Å². The van der Waals surface area contributed by atoms with Gasteiger partial charge in [0.15, 0.2) is 0 Å². The molecule has 1 saturated heterocycles. The number of anilines is 1. The van der Waals surface area contributed by atoms with Crippen molar-refractivity contribution < 1.29 is 27.8 Å². The quantitative estimate of drug-likeness (QED) is 0.253. The summed E-state index contributed by atoms with van der Waals surface area (Å²) in [6.45, 7) is 5.57. The number of ether oxygens (including phenoxy) is 2. The molecule has 1 atom stereocenters. The third-order valence-corrected chi connectivity index (χ3v) is 8.79. The molecule has 0 bridgehead atoms. The van der Waals surface area contributed by atoms with Gasteiger partial charge < -0.3 is 25.0 Å². The van der Waals surface area contributed by atoms with Crippen LogP contribution in [0.1, 0.15) is 71.3 Å². The minimum Gasteiger partial charge on any atom is -0.494 e. The summed E-state index contributed by atoms with van der Waals surface area (Å²) in [6, 6.07) is 7.66. The van der Waals surface area contributed by atoms with Crippen LogP contribution in [0.5, 0.6) is 0 Å². The second-order valence-electron chi connectivity index (χ2n) is 13.0. The highest BCUT2D eigenvalue weighted by atomic mass is 19.1. The molecule has 2 heterocycles. The molecule has 46 heavy (non-hydrogen) atoms. The molecule has 1 aromatic carbocycles. The van der Waals surface area contributed by atoms with E-state index in [4.69, 9.17) is 9.47 Å². The molecular formula is C37H49F2N3O4. The highest BCUT2D eigenvalue weighted by molar-refractivity contribution is 6.06. The summed E-state index contributed by atoms with van der Waals surface area (Å²) in [4.78, 5) is 28.2. The van der Waals surface area contributed by atoms with Crippen molar-refractivity contribution in [3.8, 4) is 0 Å². The van der Waals surface area contributed by atoms with Crippen LogP contribution < -0.4 is 10.6 Å². The normalized spacial score (nSPS) is 20.0. The number of aryl methyl sites for hydroxylation is 1. The molecule has 2 N–H and O–H groups in total. The van der Waals surface area contributed by atoms with E-state index in [9.17, 15) is 18.4 Å². The Labute approximate surface area is 272 Å². The molecule has 2 amide bonds. The van der Waals surface area contributed by atoms with Crippen LogP contribution in [0.2, 0.25) is 0 Å². The van der Waals surface area contributed by atoms with E-state index in [1.54, 1.807) is 0 Å². The maximum atomic E-state index is 13.6. The molecule has 0 spiro atoms. The van der Waals surface area contributed by atoms with Crippen LogP contribution in [0, 0.1) is 5.41 Å². The van der Waals surface area contributed by atoms with Crippen LogP contribution in [0.25, 0.3) is 0 Å². The van der Waals surface area contributed by atoms with Gasteiger partial charge in [-0.2, -0.15) is 0 Å². The highest BCUT2D eigenvalue weighted by Gasteiger charge is 2.33. The maximum absolute atomic E-state index is 13.6. The summed E-state index contributed by atoms with van der Waals surface area (Å²) in [5.41, 5.74) is 2.56. The summed E-state index contributed by atoms with van der Waals surface area (Å²) >= 11 is 0. The van der Waals surface area contributed by atoms with E-state index in [-0.39, 0.29) is 36.2 Å². The first-order chi connectivity index (χ1) is 22.1. The van der Waals surface area contributed by atoms with Crippen molar-refractivity contribution >= 4 is 17.5 Å². The number of amides is 2. The fourth-order valence-electron chi connectivity index (χ4n) is 5.59. The van der Waals surface area contributed by atoms with Gasteiger partial charge in [0.1, 0.15) is 31.0 Å². The van der Waals surface area contributed by atoms with Crippen LogP contribution in [0.3, 0.4) is 0 Å². The van der Waals surface area contributed by atoms with Crippen LogP contribution in [-0.4, -0.2) is 62.4 Å². The van der Waals surface area contributed by atoms with Gasteiger partial charge in [-0.1, -0.05) is 23.8 Å². The lowest BCUT2D eigenvalue weighted by Crippen LogP contribution is -2.34. The second kappa shape index (κ2) is 16.7. The molecule has 1 aliphatic carbocycles. The van der Waals surface area contributed by atoms with Crippen molar-refractivity contribution in [2.75, 3.05) is 38.8 Å². The topological polar surface area (TPSA) is 79.9 Å². The van der Waals surface area contributed by atoms with Gasteiger partial charge in [0.25, 0.3) is 5.91 Å². The average Bonchev–Trinajstić information content (AvgIpc) is 3.22. The first-order valence-corrected chi connectivity index (χ1v) is 16.4. The summed E-state index contributed by atoms with van der Waals surface area (Å²) in [5, 5.41) is 5.89. The number of likely N-dealkylation sites (tertiary alicyclic amines) is 1. The summed E-state index contributed by atoms with van der Waals surface area (Å²) in [6.07, 6.45) is 14.9. The third kappa shape index (κ3) is 10.1. The predicted octanol–water partition coefficient (Wildman–Crippen LogP) is 7.25. The number of carbonyl (C=O) groups excluding carboxylic acids is 2. The summed E-state index contributed by atoms with van der Waals surface area (Å²) in [7, 11) is 2.13. The monoisotopic (exact) mass is 637 g/mol. The standard InChI is InChI=1S/C37H49F2N3O4/c1-26-7-5-9-31(46-32-19-21-42(4)22-20-32)17-18-33(26)36(44)41-29-15-12-28(13-16-29)8-6-10-35(43)40-30-14-11-27(2)45-34(23-30)37(3,24-38)25-39/h9,12-18,23,27,32H,5-8,10-11,19-22,24-25H2,1-4H3,(H,40,43)(H,41,44). The van der Waals surface area contributed by atoms with Crippen molar-refractivity contribution in [1.29, 1.82) is 0 Å². The van der Waals surface area contributed by atoms with Gasteiger partial charge in [-0.05, 0) is 108 Å². The molecule has 7 nitrogen and oxygen atoms in total. The lowest BCUT2D eigenvalue weighted by atomic mass is 9.91. The molecule has 4 rings (SSSR count). The van der Waals surface area contributed by atoms with E-state index in [0.717, 1.165) is 55.7 Å². The molecular weight excluding hydrogens is 588 g/mol. The Balaban J connectivity index is 1.26. The van der Waals surface area contributed by atoms with Crippen LogP contribution in [-0.2, 0) is 25.5 Å². The Morgan fingerprint density at radius 2 is 1.78 bits per heavy atom. The van der Waals surface area contributed by atoms with E-state index in [0.29, 0.717) is 36.2 Å². The zero-order valence-electron chi connectivity index (χ0n) is 27.7. The zero-order valence-corrected chi connectivity index (χ0v) is 27.7. The SMILES string of the molecule is CC1=C(C(=O)Nc2ccc(CCCC(=O)NC3=CCC(C)OC(C(C)(CF)CF)=C3)cc2)C=CC(OC2CCN(C)CC2)=CCC1. The van der Waals surface area contributed by atoms with Crippen LogP contribution in [0.15, 0.2) is 83.0 Å². The van der Waals surface area contributed by atoms with Crippen molar-refractivity contribution in [3.63, 3.8) is 0 Å². The molecule has 0 radical (unpaired) electrons. The Morgan fingerprint density at radius 3 is 2.48 bits per heavy atom. The first kappa shape index (κ1) is 35.1. The Bertz CT molecular complexity index is 1370. The Kier molecular flexibility index (Phi) is 12.8. The van der Waals surface area contributed by atoms with Gasteiger partial charge in [0, 0.05) is 42.9 Å². The van der Waals surface area contributed by atoms with Crippen molar-refractivity contribution in [2.45, 2.75) is 84.3 Å². The van der Waals surface area contributed by atoms with E-state index in [2.05, 4.69) is 28.7 Å². The number of alkyl halides is 2. The fraction of sp³-hybridized carbons (Fsp3) is 0.514. The third-order valence-electron chi connectivity index (χ3n) is 8.79. The van der Waals surface area contributed by atoms with E-state index < -0.39 is 18.8 Å². The van der Waals surface area contributed by atoms with Crippen molar-refractivity contribution in [1.82, 2.24) is 10.2 Å². The van der Waals surface area contributed by atoms with Gasteiger partial charge in [-0.3, -0.25) is 9.59 Å². The number of halogens is 2. The van der Waals surface area contributed by atoms with Crippen molar-refractivity contribution in [2.24, 2.45) is 5.41 Å². The molecule has 0 saturated carbocycles. The zero-order chi connectivity index (χ0) is 33.1. The number of carbonyl (C=O) groups is 2. The Morgan fingerprint density at radius 1 is 1.07 bits per heavy atom. The smallest absolute Gasteiger partial charge is 0.255 e. The van der Waals surface area contributed by atoms with Gasteiger partial charge >= 0.3 is 0 Å². The molecule has 0 aromatic heterocycles. The number of rotatable bonds is 12. The number of piperidine rings is 1. The number of hydrogen-bond acceptors (Lipinski definition) is 5. The highest BCUT2D eigenvalue weighted by Crippen LogP contribution is 2.33. The van der Waals surface area contributed by atoms with E-state index >= 15 is 0 Å². The Hall–Kier alpha value is -3.72. The minimum absolute atomic E-state index is 0.151. The number of hydrogen-bond donors (Lipinski definition) is 2. The van der Waals surface area contributed by atoms with Crippen molar-refractivity contribution in [3.05, 3.63) is 88.6 Å². The predicted molar refractivity (Wildman–Crippen MR) is 178 cm³/mol. The second-order valence-corrected chi connectivity index (χ2v) is 13.0. The number of nitrogens with one attached hydrogen (secondary N) is 2. The van der Waals surface area contributed by atoms with Crippen LogP contribution >= 0.6 is 0 Å². The molecule has 1 fully saturated rings. The molecule has 3 aliphatic rings. The summed E-state index contributed by atoms with van der Waals surface area (Å²) in [5.74, 6) is 0.713. The number of allylic oxidation sites excluding steroid dienone is 5. The first-order valence-electron chi connectivity index (χ1n) is 16.4. The van der Waals surface area contributed by atoms with E-state index in [1.165, 1.54) is 13.0 Å². The largest absolute Gasteiger partial charge is 0.494 e. The van der Waals surface area contributed by atoms with Crippen LogP contribution in [0.4, 0.5) is 14.5 Å². The molecule has 250 valence electrons.